The summed E-state index contributed by atoms with van der Waals surface area (Å²) in [6, 6.07) is 6.07. The number of rotatable bonds is 3. The fourth-order valence-corrected chi connectivity index (χ4v) is 2.60. The second-order valence-corrected chi connectivity index (χ2v) is 5.76. The highest BCUT2D eigenvalue weighted by Gasteiger charge is 2.33. The number of morpholine rings is 1. The van der Waals surface area contributed by atoms with Gasteiger partial charge in [-0.1, -0.05) is 28.1 Å². The average Bonchev–Trinajstić information content (AvgIpc) is 2.47. The van der Waals surface area contributed by atoms with E-state index in [9.17, 15) is 9.59 Å². The summed E-state index contributed by atoms with van der Waals surface area (Å²) in [5.41, 5.74) is 0.942. The molecule has 0 saturated carbocycles. The zero-order chi connectivity index (χ0) is 15.4. The van der Waals surface area contributed by atoms with E-state index in [-0.39, 0.29) is 19.2 Å². The van der Waals surface area contributed by atoms with Crippen LogP contribution in [0.2, 0.25) is 0 Å². The Bertz CT molecular complexity index is 537. The number of hydrogen-bond acceptors (Lipinski definition) is 3. The van der Waals surface area contributed by atoms with E-state index in [1.807, 2.05) is 31.2 Å². The normalized spacial score (nSPS) is 19.9. The van der Waals surface area contributed by atoms with E-state index < -0.39 is 18.0 Å². The first kappa shape index (κ1) is 15.8. The van der Waals surface area contributed by atoms with Gasteiger partial charge in [0.15, 0.2) is 6.04 Å². The number of aliphatic carboxylic acids is 1. The Balaban J connectivity index is 2.04. The molecule has 0 spiro atoms. The highest BCUT2D eigenvalue weighted by Crippen LogP contribution is 2.18. The number of carbonyl (C=O) groups is 2. The summed E-state index contributed by atoms with van der Waals surface area (Å²) in [5, 5.41) is 12.0. The average molecular weight is 357 g/mol. The quantitative estimate of drug-likeness (QED) is 0.868. The summed E-state index contributed by atoms with van der Waals surface area (Å²) >= 11 is 3.38. The van der Waals surface area contributed by atoms with Gasteiger partial charge in [-0.15, -0.1) is 0 Å². The van der Waals surface area contributed by atoms with Crippen molar-refractivity contribution in [3.63, 3.8) is 0 Å². The van der Waals surface area contributed by atoms with E-state index in [0.29, 0.717) is 6.61 Å². The molecule has 2 N–H and O–H groups in total. The monoisotopic (exact) mass is 356 g/mol. The number of halogens is 1. The lowest BCUT2D eigenvalue weighted by Crippen LogP contribution is -2.55. The number of hydrogen-bond donors (Lipinski definition) is 2. The van der Waals surface area contributed by atoms with E-state index in [4.69, 9.17) is 9.84 Å². The van der Waals surface area contributed by atoms with Crippen LogP contribution in [0.1, 0.15) is 18.5 Å². The fraction of sp³-hybridized carbons (Fsp3) is 0.429. The van der Waals surface area contributed by atoms with Crippen LogP contribution in [0, 0.1) is 0 Å². The minimum absolute atomic E-state index is 0.0218. The second-order valence-electron chi connectivity index (χ2n) is 4.85. The molecule has 6 nitrogen and oxygen atoms in total. The van der Waals surface area contributed by atoms with Crippen molar-refractivity contribution >= 4 is 27.9 Å². The van der Waals surface area contributed by atoms with Crippen LogP contribution in [0.3, 0.4) is 0 Å². The minimum Gasteiger partial charge on any atom is -0.480 e. The largest absolute Gasteiger partial charge is 0.480 e. The van der Waals surface area contributed by atoms with Gasteiger partial charge in [0, 0.05) is 11.0 Å². The van der Waals surface area contributed by atoms with Crippen LogP contribution in [0.4, 0.5) is 4.79 Å². The van der Waals surface area contributed by atoms with Gasteiger partial charge >= 0.3 is 12.0 Å². The predicted octanol–water partition coefficient (Wildman–Crippen LogP) is 2.01. The number of carboxylic acid groups (broad SMARTS) is 1. The van der Waals surface area contributed by atoms with E-state index in [2.05, 4.69) is 21.2 Å². The molecule has 1 aromatic carbocycles. The number of nitrogens with one attached hydrogen (secondary N) is 1. The molecule has 114 valence electrons. The highest BCUT2D eigenvalue weighted by molar-refractivity contribution is 9.10. The van der Waals surface area contributed by atoms with Gasteiger partial charge in [0.25, 0.3) is 0 Å². The van der Waals surface area contributed by atoms with Crippen molar-refractivity contribution in [1.29, 1.82) is 0 Å². The van der Waals surface area contributed by atoms with Crippen molar-refractivity contribution in [2.75, 3.05) is 19.8 Å². The molecule has 21 heavy (non-hydrogen) atoms. The van der Waals surface area contributed by atoms with Crippen molar-refractivity contribution in [3.05, 3.63) is 34.3 Å². The van der Waals surface area contributed by atoms with Gasteiger partial charge in [0.2, 0.25) is 0 Å². The molecule has 2 unspecified atom stereocenters. The Morgan fingerprint density at radius 2 is 2.29 bits per heavy atom. The summed E-state index contributed by atoms with van der Waals surface area (Å²) in [6.45, 7) is 2.50. The first-order valence-electron chi connectivity index (χ1n) is 6.62. The van der Waals surface area contributed by atoms with Crippen LogP contribution in [-0.2, 0) is 9.53 Å². The lowest BCUT2D eigenvalue weighted by molar-refractivity contribution is -0.147. The number of benzene rings is 1. The molecule has 1 aliphatic rings. The molecule has 0 aromatic heterocycles. The standard InChI is InChI=1S/C14H17BrN2O4/c1-9(10-3-2-4-11(15)7-10)16-14(20)17-5-6-21-8-12(17)13(18)19/h2-4,7,9,12H,5-6,8H2,1H3,(H,16,20)(H,18,19). The number of urea groups is 1. The van der Waals surface area contributed by atoms with Crippen LogP contribution in [-0.4, -0.2) is 47.8 Å². The molecule has 0 radical (unpaired) electrons. The van der Waals surface area contributed by atoms with E-state index in [1.54, 1.807) is 0 Å². The maximum absolute atomic E-state index is 12.3. The molecule has 2 atom stereocenters. The molecule has 1 saturated heterocycles. The van der Waals surface area contributed by atoms with E-state index >= 15 is 0 Å². The SMILES string of the molecule is CC(NC(=O)N1CCOCC1C(=O)O)c1cccc(Br)c1. The first-order valence-corrected chi connectivity index (χ1v) is 7.41. The van der Waals surface area contributed by atoms with Crippen LogP contribution in [0.5, 0.6) is 0 Å². The zero-order valence-electron chi connectivity index (χ0n) is 11.6. The maximum Gasteiger partial charge on any atom is 0.328 e. The van der Waals surface area contributed by atoms with E-state index in [0.717, 1.165) is 10.0 Å². The molecule has 7 heteroatoms. The molecule has 2 amide bonds. The summed E-state index contributed by atoms with van der Waals surface area (Å²) < 4.78 is 6.05. The lowest BCUT2D eigenvalue weighted by atomic mass is 10.1. The summed E-state index contributed by atoms with van der Waals surface area (Å²) in [4.78, 5) is 24.7. The third-order valence-corrected chi connectivity index (χ3v) is 3.86. The van der Waals surface area contributed by atoms with Crippen molar-refractivity contribution in [2.24, 2.45) is 0 Å². The van der Waals surface area contributed by atoms with Gasteiger partial charge in [-0.2, -0.15) is 0 Å². The molecule has 0 bridgehead atoms. The van der Waals surface area contributed by atoms with Gasteiger partial charge < -0.3 is 20.1 Å². The fourth-order valence-electron chi connectivity index (χ4n) is 2.18. The summed E-state index contributed by atoms with van der Waals surface area (Å²) in [6.07, 6.45) is 0. The van der Waals surface area contributed by atoms with Gasteiger partial charge in [-0.25, -0.2) is 9.59 Å². The smallest absolute Gasteiger partial charge is 0.328 e. The Kier molecular flexibility index (Phi) is 5.19. The number of carbonyl (C=O) groups excluding carboxylic acids is 1. The molecule has 1 heterocycles. The van der Waals surface area contributed by atoms with Gasteiger partial charge in [-0.3, -0.25) is 0 Å². The van der Waals surface area contributed by atoms with Gasteiger partial charge in [0.1, 0.15) is 0 Å². The number of amides is 2. The molecule has 1 aromatic rings. The Hall–Kier alpha value is -1.60. The molecule has 1 aliphatic heterocycles. The number of nitrogens with zero attached hydrogens (tertiary/aromatic N) is 1. The topological polar surface area (TPSA) is 78.9 Å². The van der Waals surface area contributed by atoms with Crippen LogP contribution >= 0.6 is 15.9 Å². The molecular weight excluding hydrogens is 340 g/mol. The van der Waals surface area contributed by atoms with Crippen molar-refractivity contribution in [3.8, 4) is 0 Å². The first-order chi connectivity index (χ1) is 9.99. The second kappa shape index (κ2) is 6.91. The molecule has 1 fully saturated rings. The van der Waals surface area contributed by atoms with Crippen LogP contribution in [0.25, 0.3) is 0 Å². The van der Waals surface area contributed by atoms with Crippen molar-refractivity contribution < 1.29 is 19.4 Å². The third kappa shape index (κ3) is 3.95. The van der Waals surface area contributed by atoms with Gasteiger partial charge in [-0.05, 0) is 24.6 Å². The Morgan fingerprint density at radius 1 is 1.52 bits per heavy atom. The maximum atomic E-state index is 12.3. The Labute approximate surface area is 131 Å². The summed E-state index contributed by atoms with van der Waals surface area (Å²) in [5.74, 6) is -1.06. The van der Waals surface area contributed by atoms with Crippen LogP contribution < -0.4 is 5.32 Å². The lowest BCUT2D eigenvalue weighted by Gasteiger charge is -2.33. The van der Waals surface area contributed by atoms with Gasteiger partial charge in [0.05, 0.1) is 19.3 Å². The third-order valence-electron chi connectivity index (χ3n) is 3.36. The predicted molar refractivity (Wildman–Crippen MR) is 80.0 cm³/mol. The number of ether oxygens (including phenoxy) is 1. The van der Waals surface area contributed by atoms with Crippen molar-refractivity contribution in [2.45, 2.75) is 19.0 Å². The zero-order valence-corrected chi connectivity index (χ0v) is 13.2. The van der Waals surface area contributed by atoms with E-state index in [1.165, 1.54) is 4.90 Å². The highest BCUT2D eigenvalue weighted by atomic mass is 79.9. The number of carboxylic acids is 1. The molecular formula is C14H17BrN2O4. The summed E-state index contributed by atoms with van der Waals surface area (Å²) in [7, 11) is 0. The van der Waals surface area contributed by atoms with Crippen LogP contribution in [0.15, 0.2) is 28.7 Å². The molecule has 2 rings (SSSR count). The van der Waals surface area contributed by atoms with Crippen molar-refractivity contribution in [1.82, 2.24) is 10.2 Å². The molecule has 0 aliphatic carbocycles. The minimum atomic E-state index is -1.06. The Morgan fingerprint density at radius 3 is 2.95 bits per heavy atom.